The maximum Gasteiger partial charge on any atom is 0.0474 e. The molecule has 2 aliphatic rings. The minimum absolute atomic E-state index is 0.608. The molecule has 3 unspecified atom stereocenters. The Morgan fingerprint density at radius 2 is 1.94 bits per heavy atom. The van der Waals surface area contributed by atoms with Crippen LogP contribution >= 0.6 is 11.6 Å². The van der Waals surface area contributed by atoms with Crippen molar-refractivity contribution in [1.29, 1.82) is 0 Å². The first kappa shape index (κ1) is 12.3. The summed E-state index contributed by atoms with van der Waals surface area (Å²) >= 11 is 5.83. The van der Waals surface area contributed by atoms with Gasteiger partial charge in [0, 0.05) is 25.2 Å². The van der Waals surface area contributed by atoms with Crippen LogP contribution in [0.1, 0.15) is 31.2 Å². The van der Waals surface area contributed by atoms with Crippen molar-refractivity contribution in [2.75, 3.05) is 18.5 Å². The lowest BCUT2D eigenvalue weighted by molar-refractivity contribution is 0.337. The molecule has 3 atom stereocenters. The number of halogens is 1. The molecular weight excluding hydrogens is 242 g/mol. The van der Waals surface area contributed by atoms with Gasteiger partial charge in [-0.3, -0.25) is 0 Å². The number of rotatable bonds is 4. The standard InChI is InChI=1S/C16H22ClN/c1-18(16-6-3-12(10-17)4-7-16)11-15-9-13-2-5-14(15)8-13/h3-4,6-7,13-15H,2,5,8-11H2,1H3. The molecule has 0 amide bonds. The summed E-state index contributed by atoms with van der Waals surface area (Å²) in [7, 11) is 2.22. The highest BCUT2D eigenvalue weighted by Crippen LogP contribution is 2.48. The molecule has 0 radical (unpaired) electrons. The van der Waals surface area contributed by atoms with Gasteiger partial charge >= 0.3 is 0 Å². The Balaban J connectivity index is 1.62. The molecule has 0 saturated heterocycles. The van der Waals surface area contributed by atoms with Gasteiger partial charge in [-0.1, -0.05) is 18.6 Å². The molecule has 1 aromatic rings. The second-order valence-corrected chi connectivity index (χ2v) is 6.38. The van der Waals surface area contributed by atoms with Crippen LogP contribution in [0.15, 0.2) is 24.3 Å². The van der Waals surface area contributed by atoms with E-state index >= 15 is 0 Å². The van der Waals surface area contributed by atoms with Crippen LogP contribution in [0, 0.1) is 17.8 Å². The summed E-state index contributed by atoms with van der Waals surface area (Å²) in [6.45, 7) is 1.22. The third-order valence-electron chi connectivity index (χ3n) is 4.92. The van der Waals surface area contributed by atoms with Crippen molar-refractivity contribution in [3.63, 3.8) is 0 Å². The Hall–Kier alpha value is -0.690. The van der Waals surface area contributed by atoms with E-state index in [1.54, 1.807) is 0 Å². The zero-order valence-electron chi connectivity index (χ0n) is 11.1. The molecule has 1 aromatic carbocycles. The molecule has 98 valence electrons. The summed E-state index contributed by atoms with van der Waals surface area (Å²) in [5, 5.41) is 0. The van der Waals surface area contributed by atoms with E-state index < -0.39 is 0 Å². The van der Waals surface area contributed by atoms with Crippen LogP contribution in [0.25, 0.3) is 0 Å². The zero-order chi connectivity index (χ0) is 12.5. The summed E-state index contributed by atoms with van der Waals surface area (Å²) < 4.78 is 0. The van der Waals surface area contributed by atoms with Gasteiger partial charge in [0.05, 0.1) is 0 Å². The van der Waals surface area contributed by atoms with Gasteiger partial charge in [-0.25, -0.2) is 0 Å². The molecule has 0 spiro atoms. The van der Waals surface area contributed by atoms with Crippen LogP contribution in [0.3, 0.4) is 0 Å². The van der Waals surface area contributed by atoms with Crippen LogP contribution < -0.4 is 4.90 Å². The van der Waals surface area contributed by atoms with Crippen molar-refractivity contribution in [3.05, 3.63) is 29.8 Å². The average molecular weight is 264 g/mol. The molecule has 2 aliphatic carbocycles. The number of anilines is 1. The highest BCUT2D eigenvalue weighted by atomic mass is 35.5. The van der Waals surface area contributed by atoms with E-state index in [-0.39, 0.29) is 0 Å². The Morgan fingerprint density at radius 1 is 1.17 bits per heavy atom. The maximum absolute atomic E-state index is 5.83. The van der Waals surface area contributed by atoms with Gasteiger partial charge in [0.2, 0.25) is 0 Å². The van der Waals surface area contributed by atoms with E-state index in [2.05, 4.69) is 36.2 Å². The largest absolute Gasteiger partial charge is 0.374 e. The van der Waals surface area contributed by atoms with Crippen molar-refractivity contribution < 1.29 is 0 Å². The lowest BCUT2D eigenvalue weighted by Gasteiger charge is -2.28. The first-order chi connectivity index (χ1) is 8.76. The smallest absolute Gasteiger partial charge is 0.0474 e. The highest BCUT2D eigenvalue weighted by Gasteiger charge is 2.39. The van der Waals surface area contributed by atoms with Gasteiger partial charge in [-0.2, -0.15) is 0 Å². The van der Waals surface area contributed by atoms with E-state index in [9.17, 15) is 0 Å². The molecular formula is C16H22ClN. The minimum atomic E-state index is 0.608. The van der Waals surface area contributed by atoms with Gasteiger partial charge in [0.15, 0.2) is 0 Å². The number of alkyl halides is 1. The fourth-order valence-corrected chi connectivity index (χ4v) is 4.07. The monoisotopic (exact) mass is 263 g/mol. The van der Waals surface area contributed by atoms with Crippen LogP contribution in [-0.2, 0) is 5.88 Å². The van der Waals surface area contributed by atoms with E-state index in [0.717, 1.165) is 17.8 Å². The van der Waals surface area contributed by atoms with Crippen LogP contribution in [0.2, 0.25) is 0 Å². The van der Waals surface area contributed by atoms with E-state index in [0.29, 0.717) is 5.88 Å². The number of hydrogen-bond acceptors (Lipinski definition) is 1. The molecule has 2 heteroatoms. The van der Waals surface area contributed by atoms with Gasteiger partial charge in [-0.15, -0.1) is 11.6 Å². The van der Waals surface area contributed by atoms with Gasteiger partial charge in [0.1, 0.15) is 0 Å². The topological polar surface area (TPSA) is 3.24 Å². The minimum Gasteiger partial charge on any atom is -0.374 e. The van der Waals surface area contributed by atoms with Gasteiger partial charge in [-0.05, 0) is 54.7 Å². The molecule has 0 aliphatic heterocycles. The summed E-state index contributed by atoms with van der Waals surface area (Å²) in [5.74, 6) is 3.60. The van der Waals surface area contributed by atoms with Crippen molar-refractivity contribution >= 4 is 17.3 Å². The van der Waals surface area contributed by atoms with E-state index in [4.69, 9.17) is 11.6 Å². The molecule has 2 fully saturated rings. The number of fused-ring (bicyclic) bond motifs is 2. The van der Waals surface area contributed by atoms with E-state index in [1.807, 2.05) is 0 Å². The highest BCUT2D eigenvalue weighted by molar-refractivity contribution is 6.17. The lowest BCUT2D eigenvalue weighted by Crippen LogP contribution is -2.28. The predicted molar refractivity (Wildman–Crippen MR) is 78.2 cm³/mol. The molecule has 0 N–H and O–H groups in total. The average Bonchev–Trinajstić information content (AvgIpc) is 3.01. The SMILES string of the molecule is CN(CC1CC2CCC1C2)c1ccc(CCl)cc1. The Bertz CT molecular complexity index is 400. The van der Waals surface area contributed by atoms with Crippen LogP contribution in [-0.4, -0.2) is 13.6 Å². The summed E-state index contributed by atoms with van der Waals surface area (Å²) in [6.07, 6.45) is 5.95. The van der Waals surface area contributed by atoms with Crippen molar-refractivity contribution in [2.24, 2.45) is 17.8 Å². The molecule has 2 bridgehead atoms. The quantitative estimate of drug-likeness (QED) is 0.732. The molecule has 1 nitrogen and oxygen atoms in total. The molecule has 0 aromatic heterocycles. The second-order valence-electron chi connectivity index (χ2n) is 6.12. The molecule has 18 heavy (non-hydrogen) atoms. The third kappa shape index (κ3) is 2.38. The first-order valence-electron chi connectivity index (χ1n) is 7.12. The Labute approximate surface area is 115 Å². The maximum atomic E-state index is 5.83. The van der Waals surface area contributed by atoms with Crippen molar-refractivity contribution in [3.8, 4) is 0 Å². The normalized spacial score (nSPS) is 29.8. The third-order valence-corrected chi connectivity index (χ3v) is 5.23. The fourth-order valence-electron chi connectivity index (χ4n) is 3.90. The fraction of sp³-hybridized carbons (Fsp3) is 0.625. The molecule has 3 rings (SSSR count). The summed E-state index contributed by atoms with van der Waals surface area (Å²) in [4.78, 5) is 2.42. The zero-order valence-corrected chi connectivity index (χ0v) is 11.9. The van der Waals surface area contributed by atoms with Gasteiger partial charge < -0.3 is 4.90 Å². The number of hydrogen-bond donors (Lipinski definition) is 0. The predicted octanol–water partition coefficient (Wildman–Crippen LogP) is 4.30. The van der Waals surface area contributed by atoms with Crippen LogP contribution in [0.5, 0.6) is 0 Å². The number of benzene rings is 1. The Kier molecular flexibility index (Phi) is 3.52. The molecule has 2 saturated carbocycles. The summed E-state index contributed by atoms with van der Waals surface area (Å²) in [6, 6.07) is 8.68. The lowest BCUT2D eigenvalue weighted by atomic mass is 9.88. The van der Waals surface area contributed by atoms with E-state index in [1.165, 1.54) is 43.5 Å². The van der Waals surface area contributed by atoms with Crippen LogP contribution in [0.4, 0.5) is 5.69 Å². The number of nitrogens with zero attached hydrogens (tertiary/aromatic N) is 1. The van der Waals surface area contributed by atoms with Crippen molar-refractivity contribution in [2.45, 2.75) is 31.6 Å². The van der Waals surface area contributed by atoms with Gasteiger partial charge in [0.25, 0.3) is 0 Å². The molecule has 0 heterocycles. The first-order valence-corrected chi connectivity index (χ1v) is 7.65. The Morgan fingerprint density at radius 3 is 2.50 bits per heavy atom. The summed E-state index contributed by atoms with van der Waals surface area (Å²) in [5.41, 5.74) is 2.53. The van der Waals surface area contributed by atoms with Crippen molar-refractivity contribution in [1.82, 2.24) is 0 Å². The second kappa shape index (κ2) is 5.13.